The van der Waals surface area contributed by atoms with Gasteiger partial charge in [0.25, 0.3) is 0 Å². The zero-order chi connectivity index (χ0) is 19.3. The molecule has 0 spiro atoms. The van der Waals surface area contributed by atoms with Gasteiger partial charge in [-0.1, -0.05) is 50.6 Å². The molecule has 1 aliphatic rings. The van der Waals surface area contributed by atoms with Crippen molar-refractivity contribution < 1.29 is 14.3 Å². The Kier molecular flexibility index (Phi) is 8.33. The summed E-state index contributed by atoms with van der Waals surface area (Å²) in [5, 5.41) is 10.5. The second kappa shape index (κ2) is 9.31. The molecule has 3 atom stereocenters. The van der Waals surface area contributed by atoms with Crippen LogP contribution in [0.4, 0.5) is 0 Å². The molecule has 0 saturated carbocycles. The van der Waals surface area contributed by atoms with Gasteiger partial charge in [0.1, 0.15) is 0 Å². The Hall–Kier alpha value is -0.683. The van der Waals surface area contributed by atoms with E-state index in [9.17, 15) is 5.11 Å². The van der Waals surface area contributed by atoms with Crippen LogP contribution in [0.25, 0.3) is 0 Å². The minimum atomic E-state index is -1.81. The summed E-state index contributed by atoms with van der Waals surface area (Å²) in [4.78, 5) is 0. The molecule has 0 bridgehead atoms. The van der Waals surface area contributed by atoms with Crippen LogP contribution >= 0.6 is 0 Å². The Morgan fingerprint density at radius 2 is 2.04 bits per heavy atom. The molecule has 0 aromatic carbocycles. The van der Waals surface area contributed by atoms with E-state index in [1.54, 1.807) is 0 Å². The Labute approximate surface area is 155 Å². The third-order valence-electron chi connectivity index (χ3n) is 5.27. The van der Waals surface area contributed by atoms with Crippen LogP contribution in [0, 0.1) is 0 Å². The summed E-state index contributed by atoms with van der Waals surface area (Å²) in [6.45, 7) is 21.4. The molecule has 1 fully saturated rings. The second-order valence-electron chi connectivity index (χ2n) is 8.92. The average Bonchev–Trinajstić information content (AvgIpc) is 2.43. The van der Waals surface area contributed by atoms with Crippen molar-refractivity contribution in [3.8, 4) is 0 Å². The summed E-state index contributed by atoms with van der Waals surface area (Å²) < 4.78 is 12.2. The molecule has 25 heavy (non-hydrogen) atoms. The van der Waals surface area contributed by atoms with Gasteiger partial charge in [-0.3, -0.25) is 0 Å². The summed E-state index contributed by atoms with van der Waals surface area (Å²) in [5.41, 5.74) is 2.37. The van der Waals surface area contributed by atoms with Crippen molar-refractivity contribution in [1.29, 1.82) is 0 Å². The van der Waals surface area contributed by atoms with E-state index in [1.807, 2.05) is 6.08 Å². The molecular weight excluding hydrogens is 328 g/mol. The maximum atomic E-state index is 10.4. The predicted molar refractivity (Wildman–Crippen MR) is 109 cm³/mol. The van der Waals surface area contributed by atoms with E-state index in [4.69, 9.17) is 9.16 Å². The normalized spacial score (nSPS) is 24.3. The minimum absolute atomic E-state index is 0.0553. The first-order chi connectivity index (χ1) is 11.4. The molecule has 0 unspecified atom stereocenters. The average molecular weight is 367 g/mol. The molecule has 0 aromatic rings. The Morgan fingerprint density at radius 1 is 1.40 bits per heavy atom. The molecular formula is C21H38O3Si. The fraction of sp³-hybridized carbons (Fsp3) is 0.714. The van der Waals surface area contributed by atoms with Crippen molar-refractivity contribution >= 4 is 8.32 Å². The highest BCUT2D eigenvalue weighted by Crippen LogP contribution is 2.36. The van der Waals surface area contributed by atoms with Crippen molar-refractivity contribution in [1.82, 2.24) is 0 Å². The van der Waals surface area contributed by atoms with Crippen LogP contribution < -0.4 is 0 Å². The molecule has 0 aliphatic carbocycles. The molecule has 144 valence electrons. The summed E-state index contributed by atoms with van der Waals surface area (Å²) in [7, 11) is -1.81. The number of rotatable bonds is 8. The summed E-state index contributed by atoms with van der Waals surface area (Å²) in [5.74, 6) is 0. The first-order valence-electron chi connectivity index (χ1n) is 9.37. The van der Waals surface area contributed by atoms with Crippen molar-refractivity contribution in [3.63, 3.8) is 0 Å². The van der Waals surface area contributed by atoms with E-state index in [0.717, 1.165) is 24.8 Å². The topological polar surface area (TPSA) is 38.7 Å². The first kappa shape index (κ1) is 22.4. The van der Waals surface area contributed by atoms with Crippen LogP contribution in [0.3, 0.4) is 0 Å². The van der Waals surface area contributed by atoms with Crippen LogP contribution in [-0.2, 0) is 9.16 Å². The Morgan fingerprint density at radius 3 is 2.60 bits per heavy atom. The van der Waals surface area contributed by atoms with E-state index in [0.29, 0.717) is 13.0 Å². The highest BCUT2D eigenvalue weighted by molar-refractivity contribution is 6.74. The quantitative estimate of drug-likeness (QED) is 0.462. The highest BCUT2D eigenvalue weighted by atomic mass is 28.4. The van der Waals surface area contributed by atoms with Gasteiger partial charge < -0.3 is 14.3 Å². The fourth-order valence-corrected chi connectivity index (χ4v) is 3.84. The largest absolute Gasteiger partial charge is 0.414 e. The second-order valence-corrected chi connectivity index (χ2v) is 13.7. The molecule has 4 heteroatoms. The lowest BCUT2D eigenvalue weighted by Gasteiger charge is -2.36. The lowest BCUT2D eigenvalue weighted by molar-refractivity contribution is -0.00415. The van der Waals surface area contributed by atoms with Gasteiger partial charge in [-0.25, -0.2) is 0 Å². The smallest absolute Gasteiger partial charge is 0.192 e. The lowest BCUT2D eigenvalue weighted by atomic mass is 9.96. The van der Waals surface area contributed by atoms with Crippen LogP contribution in [0.2, 0.25) is 18.1 Å². The third kappa shape index (κ3) is 7.61. The van der Waals surface area contributed by atoms with Crippen LogP contribution in [0.1, 0.15) is 53.4 Å². The van der Waals surface area contributed by atoms with Gasteiger partial charge in [-0.05, 0) is 50.7 Å². The monoisotopic (exact) mass is 366 g/mol. The van der Waals surface area contributed by atoms with Crippen molar-refractivity contribution in [2.45, 2.75) is 89.8 Å². The van der Waals surface area contributed by atoms with Crippen molar-refractivity contribution in [3.05, 3.63) is 36.5 Å². The lowest BCUT2D eigenvalue weighted by Crippen LogP contribution is -2.42. The van der Waals surface area contributed by atoms with E-state index in [2.05, 4.69) is 60.0 Å². The summed E-state index contributed by atoms with van der Waals surface area (Å²) >= 11 is 0. The Balaban J connectivity index is 2.53. The zero-order valence-corrected chi connectivity index (χ0v) is 18.1. The standard InChI is InChI=1S/C21H38O3Si/c1-9-10-19-12-17(3)14-20(24-19)13-16(2)11-18(22)15-23-25(7,8)21(4,5)6/h9,13,18-20,22H,1,3,10-12,14-15H2,2,4-8H3/b16-13+/t18-,19+,20-/m1/s1. The van der Waals surface area contributed by atoms with E-state index < -0.39 is 14.4 Å². The number of hydrogen-bond acceptors (Lipinski definition) is 3. The summed E-state index contributed by atoms with van der Waals surface area (Å²) in [6, 6.07) is 0. The molecule has 1 heterocycles. The van der Waals surface area contributed by atoms with E-state index in [1.165, 1.54) is 5.57 Å². The van der Waals surface area contributed by atoms with Crippen molar-refractivity contribution in [2.75, 3.05) is 6.61 Å². The van der Waals surface area contributed by atoms with Gasteiger partial charge in [0.15, 0.2) is 8.32 Å². The first-order valence-corrected chi connectivity index (χ1v) is 12.3. The third-order valence-corrected chi connectivity index (χ3v) is 9.77. The molecule has 0 aromatic heterocycles. The van der Waals surface area contributed by atoms with Gasteiger partial charge in [-0.2, -0.15) is 0 Å². The van der Waals surface area contributed by atoms with Gasteiger partial charge >= 0.3 is 0 Å². The zero-order valence-electron chi connectivity index (χ0n) is 17.1. The van der Waals surface area contributed by atoms with Gasteiger partial charge in [0, 0.05) is 0 Å². The maximum Gasteiger partial charge on any atom is 0.192 e. The number of aliphatic hydroxyl groups excluding tert-OH is 1. The number of aliphatic hydroxyl groups is 1. The summed E-state index contributed by atoms with van der Waals surface area (Å²) in [6.07, 6.45) is 7.05. The Bertz CT molecular complexity index is 488. The maximum absolute atomic E-state index is 10.4. The van der Waals surface area contributed by atoms with Crippen LogP contribution in [0.15, 0.2) is 36.5 Å². The highest BCUT2D eigenvalue weighted by Gasteiger charge is 2.37. The molecule has 1 aliphatic heterocycles. The fourth-order valence-electron chi connectivity index (χ4n) is 2.79. The molecule has 1 N–H and O–H groups in total. The SMILES string of the molecule is C=CC[C@H]1CC(=C)C[C@@H](/C=C(\C)C[C@@H](O)CO[Si](C)(C)C(C)(C)C)O1. The predicted octanol–water partition coefficient (Wildman–Crippen LogP) is 5.39. The van der Waals surface area contributed by atoms with Crippen LogP contribution in [0.5, 0.6) is 0 Å². The van der Waals surface area contributed by atoms with Crippen LogP contribution in [-0.4, -0.2) is 38.3 Å². The van der Waals surface area contributed by atoms with E-state index >= 15 is 0 Å². The molecule has 0 radical (unpaired) electrons. The molecule has 0 amide bonds. The number of hydrogen-bond donors (Lipinski definition) is 1. The van der Waals surface area contributed by atoms with Gasteiger partial charge in [0.05, 0.1) is 24.9 Å². The van der Waals surface area contributed by atoms with Gasteiger partial charge in [-0.15, -0.1) is 6.58 Å². The molecule has 1 rings (SSSR count). The van der Waals surface area contributed by atoms with Gasteiger partial charge in [0.2, 0.25) is 0 Å². The van der Waals surface area contributed by atoms with E-state index in [-0.39, 0.29) is 17.2 Å². The minimum Gasteiger partial charge on any atom is -0.414 e. The molecule has 3 nitrogen and oxygen atoms in total. The van der Waals surface area contributed by atoms with Crippen molar-refractivity contribution in [2.24, 2.45) is 0 Å². The number of ether oxygens (including phenoxy) is 1. The molecule has 1 saturated heterocycles.